The summed E-state index contributed by atoms with van der Waals surface area (Å²) in [5.74, 6) is -0.576. The molecule has 1 aromatic rings. The van der Waals surface area contributed by atoms with Crippen LogP contribution in [-0.2, 0) is 17.4 Å². The van der Waals surface area contributed by atoms with E-state index in [0.29, 0.717) is 18.5 Å². The zero-order chi connectivity index (χ0) is 15.2. The van der Waals surface area contributed by atoms with E-state index >= 15 is 0 Å². The highest BCUT2D eigenvalue weighted by Gasteiger charge is 2.30. The van der Waals surface area contributed by atoms with Gasteiger partial charge in [0.05, 0.1) is 11.5 Å². The number of carbonyl (C=O) groups excluding carboxylic acids is 1. The Hall–Kier alpha value is -1.56. The third-order valence-corrected chi connectivity index (χ3v) is 2.97. The summed E-state index contributed by atoms with van der Waals surface area (Å²) in [6, 6.07) is 4.82. The van der Waals surface area contributed by atoms with Gasteiger partial charge in [-0.25, -0.2) is 0 Å². The quantitative estimate of drug-likeness (QED) is 0.844. The third-order valence-electron chi connectivity index (χ3n) is 2.97. The summed E-state index contributed by atoms with van der Waals surface area (Å²) >= 11 is 0. The van der Waals surface area contributed by atoms with Crippen molar-refractivity contribution in [2.45, 2.75) is 25.9 Å². The van der Waals surface area contributed by atoms with Crippen LogP contribution >= 0.6 is 0 Å². The van der Waals surface area contributed by atoms with E-state index in [4.69, 9.17) is 5.73 Å². The molecule has 3 nitrogen and oxygen atoms in total. The lowest BCUT2D eigenvalue weighted by Gasteiger charge is -2.15. The molecule has 1 amide bonds. The second kappa shape index (κ2) is 7.28. The van der Waals surface area contributed by atoms with Gasteiger partial charge in [0, 0.05) is 13.1 Å². The highest BCUT2D eigenvalue weighted by Crippen LogP contribution is 2.29. The van der Waals surface area contributed by atoms with Crippen LogP contribution in [0.5, 0.6) is 0 Å². The van der Waals surface area contributed by atoms with Gasteiger partial charge in [-0.2, -0.15) is 13.2 Å². The van der Waals surface area contributed by atoms with Gasteiger partial charge in [-0.3, -0.25) is 4.79 Å². The molecule has 1 unspecified atom stereocenters. The van der Waals surface area contributed by atoms with Crippen LogP contribution in [0.4, 0.5) is 13.2 Å². The summed E-state index contributed by atoms with van der Waals surface area (Å²) in [6.07, 6.45) is -3.18. The summed E-state index contributed by atoms with van der Waals surface area (Å²) in [7, 11) is 0. The fourth-order valence-corrected chi connectivity index (χ4v) is 1.79. The Labute approximate surface area is 116 Å². The van der Waals surface area contributed by atoms with Crippen molar-refractivity contribution in [1.29, 1.82) is 0 Å². The van der Waals surface area contributed by atoms with Gasteiger partial charge in [-0.15, -0.1) is 0 Å². The van der Waals surface area contributed by atoms with Crippen molar-refractivity contribution in [3.05, 3.63) is 35.4 Å². The molecule has 6 heteroatoms. The van der Waals surface area contributed by atoms with E-state index in [1.165, 1.54) is 12.1 Å². The van der Waals surface area contributed by atoms with Crippen molar-refractivity contribution >= 4 is 5.91 Å². The van der Waals surface area contributed by atoms with Crippen molar-refractivity contribution < 1.29 is 18.0 Å². The van der Waals surface area contributed by atoms with Gasteiger partial charge in [0.15, 0.2) is 0 Å². The molecule has 0 aliphatic carbocycles. The minimum Gasteiger partial charge on any atom is -0.356 e. The molecule has 1 aromatic carbocycles. The van der Waals surface area contributed by atoms with Crippen LogP contribution in [0.25, 0.3) is 0 Å². The van der Waals surface area contributed by atoms with Crippen LogP contribution in [-0.4, -0.2) is 19.0 Å². The lowest BCUT2D eigenvalue weighted by molar-refractivity contribution is -0.137. The maximum Gasteiger partial charge on any atom is 0.416 e. The summed E-state index contributed by atoms with van der Waals surface area (Å²) in [5.41, 5.74) is 5.52. The van der Waals surface area contributed by atoms with E-state index in [-0.39, 0.29) is 12.5 Å². The average molecular weight is 288 g/mol. The molecule has 0 fully saturated rings. The van der Waals surface area contributed by atoms with Crippen LogP contribution in [0, 0.1) is 5.92 Å². The van der Waals surface area contributed by atoms with Crippen LogP contribution < -0.4 is 11.1 Å². The van der Waals surface area contributed by atoms with Crippen molar-refractivity contribution in [1.82, 2.24) is 5.32 Å². The summed E-state index contributed by atoms with van der Waals surface area (Å²) in [4.78, 5) is 11.8. The summed E-state index contributed by atoms with van der Waals surface area (Å²) in [6.45, 7) is 2.67. The normalized spacial score (nSPS) is 13.1. The van der Waals surface area contributed by atoms with Crippen LogP contribution in [0.15, 0.2) is 24.3 Å². The molecule has 0 aliphatic rings. The summed E-state index contributed by atoms with van der Waals surface area (Å²) < 4.78 is 37.3. The van der Waals surface area contributed by atoms with Gasteiger partial charge >= 0.3 is 6.18 Å². The number of rotatable bonds is 6. The number of amides is 1. The van der Waals surface area contributed by atoms with E-state index in [0.717, 1.165) is 18.6 Å². The molecule has 1 rings (SSSR count). The van der Waals surface area contributed by atoms with Gasteiger partial charge in [0.25, 0.3) is 0 Å². The number of nitrogens with one attached hydrogen (secondary N) is 1. The first-order valence-electron chi connectivity index (χ1n) is 6.52. The van der Waals surface area contributed by atoms with E-state index in [1.807, 2.05) is 6.92 Å². The monoisotopic (exact) mass is 288 g/mol. The first kappa shape index (κ1) is 16.5. The van der Waals surface area contributed by atoms with E-state index in [1.54, 1.807) is 0 Å². The molecule has 1 atom stereocenters. The molecular weight excluding hydrogens is 269 g/mol. The van der Waals surface area contributed by atoms with Gasteiger partial charge in [-0.1, -0.05) is 19.1 Å². The average Bonchev–Trinajstić information content (AvgIpc) is 2.41. The predicted molar refractivity (Wildman–Crippen MR) is 71.0 cm³/mol. The molecule has 112 valence electrons. The first-order valence-corrected chi connectivity index (χ1v) is 6.52. The second-order valence-electron chi connectivity index (χ2n) is 4.62. The fraction of sp³-hybridized carbons (Fsp3) is 0.500. The van der Waals surface area contributed by atoms with Gasteiger partial charge < -0.3 is 11.1 Å². The SMILES string of the molecule is CCCNC(=O)C(CN)Cc1ccc(C(F)(F)F)cc1. The van der Waals surface area contributed by atoms with Gasteiger partial charge in [0.2, 0.25) is 5.91 Å². The number of carbonyl (C=O) groups is 1. The number of alkyl halides is 3. The van der Waals surface area contributed by atoms with Crippen molar-refractivity contribution in [3.63, 3.8) is 0 Å². The largest absolute Gasteiger partial charge is 0.416 e. The van der Waals surface area contributed by atoms with Gasteiger partial charge in [0.1, 0.15) is 0 Å². The highest BCUT2D eigenvalue weighted by atomic mass is 19.4. The van der Waals surface area contributed by atoms with E-state index in [9.17, 15) is 18.0 Å². The van der Waals surface area contributed by atoms with Crippen molar-refractivity contribution in [3.8, 4) is 0 Å². The molecule has 0 saturated heterocycles. The molecule has 0 spiro atoms. The Balaban J connectivity index is 2.68. The number of nitrogens with two attached hydrogens (primary N) is 1. The zero-order valence-electron chi connectivity index (χ0n) is 11.3. The fourth-order valence-electron chi connectivity index (χ4n) is 1.79. The molecule has 0 radical (unpaired) electrons. The molecule has 0 aliphatic heterocycles. The van der Waals surface area contributed by atoms with Crippen molar-refractivity contribution in [2.24, 2.45) is 11.7 Å². The molecule has 3 N–H and O–H groups in total. The zero-order valence-corrected chi connectivity index (χ0v) is 11.3. The first-order chi connectivity index (χ1) is 9.38. The highest BCUT2D eigenvalue weighted by molar-refractivity contribution is 5.79. The lowest BCUT2D eigenvalue weighted by atomic mass is 9.97. The van der Waals surface area contributed by atoms with E-state index in [2.05, 4.69) is 5.32 Å². The predicted octanol–water partition coefficient (Wildman–Crippen LogP) is 2.35. The summed E-state index contributed by atoms with van der Waals surface area (Å²) in [5, 5.41) is 2.74. The van der Waals surface area contributed by atoms with Crippen molar-refractivity contribution in [2.75, 3.05) is 13.1 Å². The number of hydrogen-bond acceptors (Lipinski definition) is 2. The Morgan fingerprint density at radius 3 is 2.35 bits per heavy atom. The minimum atomic E-state index is -4.34. The lowest BCUT2D eigenvalue weighted by Crippen LogP contribution is -2.36. The van der Waals surface area contributed by atoms with Crippen LogP contribution in [0.2, 0.25) is 0 Å². The molecule has 0 heterocycles. The Morgan fingerprint density at radius 1 is 1.30 bits per heavy atom. The standard InChI is InChI=1S/C14H19F3N2O/c1-2-7-19-13(20)11(9-18)8-10-3-5-12(6-4-10)14(15,16)17/h3-6,11H,2,7-9,18H2,1H3,(H,19,20). The molecule has 0 saturated carbocycles. The maximum atomic E-state index is 12.4. The van der Waals surface area contributed by atoms with Gasteiger partial charge in [-0.05, 0) is 30.5 Å². The number of benzene rings is 1. The topological polar surface area (TPSA) is 55.1 Å². The Kier molecular flexibility index (Phi) is 6.01. The number of halogens is 3. The molecule has 0 bridgehead atoms. The maximum absolute atomic E-state index is 12.4. The third kappa shape index (κ3) is 4.85. The minimum absolute atomic E-state index is 0.158. The molecule has 20 heavy (non-hydrogen) atoms. The Bertz CT molecular complexity index is 429. The molecular formula is C14H19F3N2O. The second-order valence-corrected chi connectivity index (χ2v) is 4.62. The van der Waals surface area contributed by atoms with Crippen LogP contribution in [0.1, 0.15) is 24.5 Å². The number of hydrogen-bond donors (Lipinski definition) is 2. The smallest absolute Gasteiger partial charge is 0.356 e. The van der Waals surface area contributed by atoms with Crippen LogP contribution in [0.3, 0.4) is 0 Å². The molecule has 0 aromatic heterocycles. The Morgan fingerprint density at radius 2 is 1.90 bits per heavy atom. The van der Waals surface area contributed by atoms with E-state index < -0.39 is 17.7 Å².